The van der Waals surface area contributed by atoms with Gasteiger partial charge < -0.3 is 10.4 Å². The molecule has 0 heterocycles. The maximum absolute atomic E-state index is 9.75. The fraction of sp³-hybridized carbons (Fsp3) is 0.538. The Labute approximate surface area is 123 Å². The molecule has 5 heteroatoms. The first-order chi connectivity index (χ1) is 8.34. The van der Waals surface area contributed by atoms with Gasteiger partial charge in [-0.15, -0.1) is 0 Å². The van der Waals surface area contributed by atoms with Gasteiger partial charge in [0, 0.05) is 12.6 Å². The molecule has 0 saturated carbocycles. The van der Waals surface area contributed by atoms with Gasteiger partial charge in [0.15, 0.2) is 0 Å². The van der Waals surface area contributed by atoms with Crippen molar-refractivity contribution in [1.29, 1.82) is 0 Å². The van der Waals surface area contributed by atoms with Crippen molar-refractivity contribution in [3.8, 4) is 0 Å². The SMILES string of the molecule is CC(NCC(O)C(C)C)c1ccc(Cl)c(Cl)c1Cl. The lowest BCUT2D eigenvalue weighted by Gasteiger charge is -2.21. The van der Waals surface area contributed by atoms with Gasteiger partial charge in [0.1, 0.15) is 0 Å². The summed E-state index contributed by atoms with van der Waals surface area (Å²) in [6.07, 6.45) is -0.381. The molecule has 2 atom stereocenters. The van der Waals surface area contributed by atoms with Crippen molar-refractivity contribution in [2.45, 2.75) is 32.9 Å². The van der Waals surface area contributed by atoms with E-state index in [1.165, 1.54) is 0 Å². The molecule has 2 N–H and O–H groups in total. The second-order valence-electron chi connectivity index (χ2n) is 4.71. The highest BCUT2D eigenvalue weighted by molar-refractivity contribution is 6.48. The Morgan fingerprint density at radius 1 is 1.11 bits per heavy atom. The van der Waals surface area contributed by atoms with Crippen LogP contribution < -0.4 is 5.32 Å². The number of aliphatic hydroxyl groups excluding tert-OH is 1. The van der Waals surface area contributed by atoms with E-state index in [9.17, 15) is 5.11 Å². The summed E-state index contributed by atoms with van der Waals surface area (Å²) in [5.41, 5.74) is 0.877. The van der Waals surface area contributed by atoms with Crippen LogP contribution in [0.1, 0.15) is 32.4 Å². The Bertz CT molecular complexity index is 409. The van der Waals surface area contributed by atoms with Crippen LogP contribution >= 0.6 is 34.8 Å². The second kappa shape index (κ2) is 6.97. The predicted molar refractivity (Wildman–Crippen MR) is 78.7 cm³/mol. The first kappa shape index (κ1) is 16.1. The topological polar surface area (TPSA) is 32.3 Å². The molecule has 18 heavy (non-hydrogen) atoms. The molecule has 1 rings (SSSR count). The normalized spacial score (nSPS) is 14.9. The van der Waals surface area contributed by atoms with E-state index in [-0.39, 0.29) is 18.1 Å². The van der Waals surface area contributed by atoms with Crippen molar-refractivity contribution in [3.63, 3.8) is 0 Å². The molecule has 0 aliphatic carbocycles. The Balaban J connectivity index is 2.73. The third kappa shape index (κ3) is 4.01. The van der Waals surface area contributed by atoms with Crippen LogP contribution in [0, 0.1) is 5.92 Å². The molecular formula is C13H18Cl3NO. The maximum Gasteiger partial charge on any atom is 0.0781 e. The average molecular weight is 311 g/mol. The van der Waals surface area contributed by atoms with Crippen LogP contribution in [0.4, 0.5) is 0 Å². The zero-order valence-electron chi connectivity index (χ0n) is 10.7. The van der Waals surface area contributed by atoms with E-state index in [0.29, 0.717) is 21.6 Å². The number of nitrogens with one attached hydrogen (secondary N) is 1. The van der Waals surface area contributed by atoms with Crippen LogP contribution in [0.25, 0.3) is 0 Å². The van der Waals surface area contributed by atoms with Crippen molar-refractivity contribution < 1.29 is 5.11 Å². The molecule has 0 amide bonds. The number of halogens is 3. The first-order valence-electron chi connectivity index (χ1n) is 5.89. The minimum Gasteiger partial charge on any atom is -0.392 e. The fourth-order valence-corrected chi connectivity index (χ4v) is 2.22. The van der Waals surface area contributed by atoms with Gasteiger partial charge >= 0.3 is 0 Å². The van der Waals surface area contributed by atoms with E-state index in [1.807, 2.05) is 26.8 Å². The number of rotatable bonds is 5. The predicted octanol–water partition coefficient (Wildman–Crippen LogP) is 4.31. The molecule has 1 aromatic rings. The van der Waals surface area contributed by atoms with Crippen LogP contribution in [0.15, 0.2) is 12.1 Å². The van der Waals surface area contributed by atoms with Crippen LogP contribution in [0.3, 0.4) is 0 Å². The highest BCUT2D eigenvalue weighted by Crippen LogP contribution is 2.35. The highest BCUT2D eigenvalue weighted by Gasteiger charge is 2.16. The quantitative estimate of drug-likeness (QED) is 0.794. The van der Waals surface area contributed by atoms with E-state index in [4.69, 9.17) is 34.8 Å². The van der Waals surface area contributed by atoms with Gasteiger partial charge in [-0.05, 0) is 24.5 Å². The van der Waals surface area contributed by atoms with Gasteiger partial charge in [0.2, 0.25) is 0 Å². The smallest absolute Gasteiger partial charge is 0.0781 e. The molecule has 0 aliphatic heterocycles. The molecule has 0 bridgehead atoms. The molecule has 0 aliphatic rings. The lowest BCUT2D eigenvalue weighted by molar-refractivity contribution is 0.121. The van der Waals surface area contributed by atoms with E-state index >= 15 is 0 Å². The molecule has 0 fully saturated rings. The van der Waals surface area contributed by atoms with Crippen LogP contribution in [0.2, 0.25) is 15.1 Å². The minimum atomic E-state index is -0.381. The van der Waals surface area contributed by atoms with Gasteiger partial charge in [0.25, 0.3) is 0 Å². The minimum absolute atomic E-state index is 0.000617. The van der Waals surface area contributed by atoms with Crippen molar-refractivity contribution in [2.75, 3.05) is 6.54 Å². The van der Waals surface area contributed by atoms with E-state index in [1.54, 1.807) is 6.07 Å². The Kier molecular flexibility index (Phi) is 6.22. The van der Waals surface area contributed by atoms with Crippen LogP contribution in [0.5, 0.6) is 0 Å². The third-order valence-electron chi connectivity index (χ3n) is 2.93. The van der Waals surface area contributed by atoms with Gasteiger partial charge in [-0.3, -0.25) is 0 Å². The molecule has 0 aromatic heterocycles. The lowest BCUT2D eigenvalue weighted by atomic mass is 10.1. The third-order valence-corrected chi connectivity index (χ3v) is 4.24. The zero-order valence-corrected chi connectivity index (χ0v) is 12.9. The van der Waals surface area contributed by atoms with Gasteiger partial charge in [-0.1, -0.05) is 54.7 Å². The number of hydrogen-bond acceptors (Lipinski definition) is 2. The number of benzene rings is 1. The van der Waals surface area contributed by atoms with Crippen LogP contribution in [-0.2, 0) is 0 Å². The zero-order chi connectivity index (χ0) is 13.9. The molecule has 0 spiro atoms. The second-order valence-corrected chi connectivity index (χ2v) is 5.87. The molecule has 0 saturated heterocycles. The summed E-state index contributed by atoms with van der Waals surface area (Å²) in [6, 6.07) is 3.57. The fourth-order valence-electron chi connectivity index (χ4n) is 1.52. The summed E-state index contributed by atoms with van der Waals surface area (Å²) in [7, 11) is 0. The van der Waals surface area contributed by atoms with Gasteiger partial charge in [-0.25, -0.2) is 0 Å². The standard InChI is InChI=1S/C13H18Cl3NO/c1-7(2)11(18)6-17-8(3)9-4-5-10(14)13(16)12(9)15/h4-5,7-8,11,17-18H,6H2,1-3H3. The largest absolute Gasteiger partial charge is 0.392 e. The van der Waals surface area contributed by atoms with Crippen molar-refractivity contribution in [1.82, 2.24) is 5.32 Å². The summed E-state index contributed by atoms with van der Waals surface area (Å²) in [6.45, 7) is 6.43. The number of hydrogen-bond donors (Lipinski definition) is 2. The van der Waals surface area contributed by atoms with E-state index < -0.39 is 0 Å². The number of aliphatic hydroxyl groups is 1. The Morgan fingerprint density at radius 3 is 2.28 bits per heavy atom. The molecule has 0 radical (unpaired) electrons. The Hall–Kier alpha value is 0.01000. The van der Waals surface area contributed by atoms with Crippen molar-refractivity contribution in [3.05, 3.63) is 32.8 Å². The summed E-state index contributed by atoms with van der Waals surface area (Å²) in [5.74, 6) is 0.217. The van der Waals surface area contributed by atoms with Gasteiger partial charge in [-0.2, -0.15) is 0 Å². The highest BCUT2D eigenvalue weighted by atomic mass is 35.5. The molecule has 2 unspecified atom stereocenters. The van der Waals surface area contributed by atoms with Gasteiger partial charge in [0.05, 0.1) is 21.2 Å². The van der Waals surface area contributed by atoms with Crippen molar-refractivity contribution >= 4 is 34.8 Å². The lowest BCUT2D eigenvalue weighted by Crippen LogP contribution is -2.32. The maximum atomic E-state index is 9.75. The first-order valence-corrected chi connectivity index (χ1v) is 7.02. The molecular weight excluding hydrogens is 293 g/mol. The summed E-state index contributed by atoms with van der Waals surface area (Å²) in [5, 5.41) is 14.3. The van der Waals surface area contributed by atoms with Crippen molar-refractivity contribution in [2.24, 2.45) is 5.92 Å². The molecule has 102 valence electrons. The monoisotopic (exact) mass is 309 g/mol. The Morgan fingerprint density at radius 2 is 1.72 bits per heavy atom. The van der Waals surface area contributed by atoms with Crippen LogP contribution in [-0.4, -0.2) is 17.8 Å². The molecule has 2 nitrogen and oxygen atoms in total. The summed E-state index contributed by atoms with van der Waals surface area (Å²) >= 11 is 18.0. The van der Waals surface area contributed by atoms with E-state index in [0.717, 1.165) is 5.56 Å². The molecule has 1 aromatic carbocycles. The summed E-state index contributed by atoms with van der Waals surface area (Å²) in [4.78, 5) is 0. The summed E-state index contributed by atoms with van der Waals surface area (Å²) < 4.78 is 0. The average Bonchev–Trinajstić information content (AvgIpc) is 2.32. The van der Waals surface area contributed by atoms with E-state index in [2.05, 4.69) is 5.32 Å².